The Hall–Kier alpha value is -2.74. The van der Waals surface area contributed by atoms with Crippen LogP contribution in [0, 0.1) is 0 Å². The Balaban J connectivity index is 1.53. The van der Waals surface area contributed by atoms with Gasteiger partial charge in [0.2, 0.25) is 0 Å². The van der Waals surface area contributed by atoms with Gasteiger partial charge in [0.15, 0.2) is 5.69 Å². The van der Waals surface area contributed by atoms with E-state index >= 15 is 0 Å². The van der Waals surface area contributed by atoms with E-state index in [1.165, 1.54) is 14.2 Å². The topological polar surface area (TPSA) is 74.6 Å². The lowest BCUT2D eigenvalue weighted by Crippen LogP contribution is -2.22. The van der Waals surface area contributed by atoms with E-state index in [0.29, 0.717) is 40.4 Å². The third kappa shape index (κ3) is 4.09. The Morgan fingerprint density at radius 1 is 1.13 bits per heavy atom. The lowest BCUT2D eigenvalue weighted by molar-refractivity contribution is -0.00118. The van der Waals surface area contributed by atoms with Gasteiger partial charge in [-0.3, -0.25) is 9.48 Å². The molecule has 0 bridgehead atoms. The van der Waals surface area contributed by atoms with Crippen molar-refractivity contribution in [3.8, 4) is 11.5 Å². The Kier molecular flexibility index (Phi) is 5.85. The number of fused-ring (bicyclic) bond motifs is 1. The van der Waals surface area contributed by atoms with Crippen molar-refractivity contribution >= 4 is 34.8 Å². The van der Waals surface area contributed by atoms with Gasteiger partial charge in [-0.1, -0.05) is 35.3 Å². The highest BCUT2D eigenvalue weighted by Crippen LogP contribution is 2.36. The molecule has 1 aliphatic heterocycles. The summed E-state index contributed by atoms with van der Waals surface area (Å²) in [6.45, 7) is 0.855. The quantitative estimate of drug-likeness (QED) is 0.611. The minimum atomic E-state index is -0.373. The number of carbonyl (C=O) groups is 1. The third-order valence-electron chi connectivity index (χ3n) is 4.83. The number of amides is 1. The molecular weight excluding hydrogens is 429 g/mol. The standard InChI is InChI=1S/C21H19Cl2N3O4/c1-28-18-9-16(19(29-2)8-15(18)23)24-21(27)17-7-14-11-30-20(10-26(14)25-17)12-3-5-13(22)6-4-12/h3-9,20H,10-11H2,1-2H3,(H,24,27)/t20-/m0/s1. The van der Waals surface area contributed by atoms with Crippen LogP contribution < -0.4 is 14.8 Å². The first-order valence-corrected chi connectivity index (χ1v) is 9.90. The minimum absolute atomic E-state index is 0.161. The molecule has 156 valence electrons. The van der Waals surface area contributed by atoms with Crippen LogP contribution in [0.2, 0.25) is 10.0 Å². The summed E-state index contributed by atoms with van der Waals surface area (Å²) in [5.41, 5.74) is 2.54. The molecule has 1 aliphatic rings. The molecule has 4 rings (SSSR count). The summed E-state index contributed by atoms with van der Waals surface area (Å²) in [5, 5.41) is 8.31. The van der Waals surface area contributed by atoms with E-state index in [9.17, 15) is 4.79 Å². The van der Waals surface area contributed by atoms with Crippen molar-refractivity contribution in [2.75, 3.05) is 19.5 Å². The molecule has 0 spiro atoms. The maximum absolute atomic E-state index is 12.8. The summed E-state index contributed by atoms with van der Waals surface area (Å²) in [5.74, 6) is 0.475. The van der Waals surface area contributed by atoms with E-state index in [4.69, 9.17) is 37.4 Å². The maximum Gasteiger partial charge on any atom is 0.276 e. The Labute approximate surface area is 183 Å². The molecular formula is C21H19Cl2N3O4. The summed E-state index contributed by atoms with van der Waals surface area (Å²) in [6, 6.07) is 12.4. The van der Waals surface area contributed by atoms with Crippen molar-refractivity contribution in [2.45, 2.75) is 19.3 Å². The van der Waals surface area contributed by atoms with Crippen molar-refractivity contribution in [2.24, 2.45) is 0 Å². The molecule has 0 radical (unpaired) electrons. The molecule has 0 saturated heterocycles. The van der Waals surface area contributed by atoms with Gasteiger partial charge in [0.25, 0.3) is 5.91 Å². The van der Waals surface area contributed by atoms with Crippen molar-refractivity contribution < 1.29 is 19.0 Å². The zero-order valence-corrected chi connectivity index (χ0v) is 17.8. The van der Waals surface area contributed by atoms with Crippen LogP contribution in [-0.2, 0) is 17.9 Å². The number of nitrogens with zero attached hydrogens (tertiary/aromatic N) is 2. The Morgan fingerprint density at radius 3 is 2.57 bits per heavy atom. The fourth-order valence-corrected chi connectivity index (χ4v) is 3.62. The molecule has 1 N–H and O–H groups in total. The number of methoxy groups -OCH3 is 2. The van der Waals surface area contributed by atoms with E-state index in [0.717, 1.165) is 11.3 Å². The summed E-state index contributed by atoms with van der Waals surface area (Å²) in [6.07, 6.45) is -0.161. The van der Waals surface area contributed by atoms with Crippen LogP contribution in [0.3, 0.4) is 0 Å². The Bertz CT molecular complexity index is 1080. The lowest BCUT2D eigenvalue weighted by atomic mass is 10.1. The van der Waals surface area contributed by atoms with Gasteiger partial charge in [0.05, 0.1) is 43.8 Å². The van der Waals surface area contributed by atoms with E-state index < -0.39 is 0 Å². The smallest absolute Gasteiger partial charge is 0.276 e. The van der Waals surface area contributed by atoms with Gasteiger partial charge in [-0.2, -0.15) is 5.10 Å². The van der Waals surface area contributed by atoms with Crippen molar-refractivity contribution in [3.05, 3.63) is 69.5 Å². The van der Waals surface area contributed by atoms with Crippen LogP contribution in [-0.4, -0.2) is 29.9 Å². The van der Waals surface area contributed by atoms with Gasteiger partial charge in [0, 0.05) is 17.2 Å². The zero-order valence-electron chi connectivity index (χ0n) is 16.3. The number of rotatable bonds is 5. The van der Waals surface area contributed by atoms with Gasteiger partial charge < -0.3 is 19.5 Å². The molecule has 2 heterocycles. The zero-order chi connectivity index (χ0) is 21.3. The number of aromatic nitrogens is 2. The van der Waals surface area contributed by atoms with Crippen LogP contribution >= 0.6 is 23.2 Å². The first-order valence-electron chi connectivity index (χ1n) is 9.15. The highest BCUT2D eigenvalue weighted by atomic mass is 35.5. The van der Waals surface area contributed by atoms with E-state index in [1.54, 1.807) is 22.9 Å². The lowest BCUT2D eigenvalue weighted by Gasteiger charge is -2.24. The molecule has 3 aromatic rings. The molecule has 0 unspecified atom stereocenters. The highest BCUT2D eigenvalue weighted by Gasteiger charge is 2.24. The van der Waals surface area contributed by atoms with Gasteiger partial charge >= 0.3 is 0 Å². The number of anilines is 1. The largest absolute Gasteiger partial charge is 0.495 e. The van der Waals surface area contributed by atoms with E-state index in [1.807, 2.05) is 24.3 Å². The van der Waals surface area contributed by atoms with Crippen LogP contribution in [0.4, 0.5) is 5.69 Å². The molecule has 1 amide bonds. The van der Waals surface area contributed by atoms with Gasteiger partial charge in [-0.25, -0.2) is 0 Å². The molecule has 1 aromatic heterocycles. The molecule has 0 aliphatic carbocycles. The average Bonchev–Trinajstić information content (AvgIpc) is 3.18. The Morgan fingerprint density at radius 2 is 1.87 bits per heavy atom. The van der Waals surface area contributed by atoms with Crippen LogP contribution in [0.1, 0.15) is 27.8 Å². The number of nitrogens with one attached hydrogen (secondary N) is 1. The molecule has 0 fully saturated rings. The first-order chi connectivity index (χ1) is 14.5. The van der Waals surface area contributed by atoms with Gasteiger partial charge in [-0.15, -0.1) is 0 Å². The third-order valence-corrected chi connectivity index (χ3v) is 5.38. The molecule has 2 aromatic carbocycles. The van der Waals surface area contributed by atoms with Gasteiger partial charge in [-0.05, 0) is 23.8 Å². The van der Waals surface area contributed by atoms with Crippen LogP contribution in [0.5, 0.6) is 11.5 Å². The summed E-state index contributed by atoms with van der Waals surface area (Å²) < 4.78 is 18.2. The molecule has 0 saturated carbocycles. The molecule has 1 atom stereocenters. The second-order valence-electron chi connectivity index (χ2n) is 6.70. The number of carbonyl (C=O) groups excluding carboxylic acids is 1. The van der Waals surface area contributed by atoms with Crippen LogP contribution in [0.25, 0.3) is 0 Å². The monoisotopic (exact) mass is 447 g/mol. The van der Waals surface area contributed by atoms with Crippen molar-refractivity contribution in [1.82, 2.24) is 9.78 Å². The number of halogens is 2. The van der Waals surface area contributed by atoms with E-state index in [2.05, 4.69) is 10.4 Å². The highest BCUT2D eigenvalue weighted by molar-refractivity contribution is 6.32. The van der Waals surface area contributed by atoms with E-state index in [-0.39, 0.29) is 17.7 Å². The summed E-state index contributed by atoms with van der Waals surface area (Å²) in [7, 11) is 3.00. The van der Waals surface area contributed by atoms with Gasteiger partial charge in [0.1, 0.15) is 17.6 Å². The molecule has 30 heavy (non-hydrogen) atoms. The normalized spacial score (nSPS) is 15.4. The first kappa shape index (κ1) is 20.5. The minimum Gasteiger partial charge on any atom is -0.495 e. The summed E-state index contributed by atoms with van der Waals surface area (Å²) in [4.78, 5) is 12.8. The SMILES string of the molecule is COc1cc(NC(=O)c2cc3n(n2)C[C@@H](c2ccc(Cl)cc2)OC3)c(OC)cc1Cl. The second kappa shape index (κ2) is 8.55. The molecule has 9 heteroatoms. The predicted molar refractivity (Wildman–Crippen MR) is 114 cm³/mol. The number of hydrogen-bond donors (Lipinski definition) is 1. The summed E-state index contributed by atoms with van der Waals surface area (Å²) >= 11 is 12.1. The van der Waals surface area contributed by atoms with Crippen LogP contribution in [0.15, 0.2) is 42.5 Å². The second-order valence-corrected chi connectivity index (χ2v) is 7.54. The number of benzene rings is 2. The fourth-order valence-electron chi connectivity index (χ4n) is 3.26. The van der Waals surface area contributed by atoms with Crippen molar-refractivity contribution in [1.29, 1.82) is 0 Å². The molecule has 7 nitrogen and oxygen atoms in total. The number of hydrogen-bond acceptors (Lipinski definition) is 5. The fraction of sp³-hybridized carbons (Fsp3) is 0.238. The number of ether oxygens (including phenoxy) is 3. The maximum atomic E-state index is 12.8. The van der Waals surface area contributed by atoms with Crippen molar-refractivity contribution in [3.63, 3.8) is 0 Å². The predicted octanol–water partition coefficient (Wildman–Crippen LogP) is 4.73. The average molecular weight is 448 g/mol.